The maximum Gasteiger partial charge on any atom is 0.408 e. The molecule has 0 fully saturated rings. The van der Waals surface area contributed by atoms with Crippen LogP contribution in [0.2, 0.25) is 0 Å². The summed E-state index contributed by atoms with van der Waals surface area (Å²) in [5.41, 5.74) is 5.39. The summed E-state index contributed by atoms with van der Waals surface area (Å²) < 4.78 is 4.98. The van der Waals surface area contributed by atoms with Gasteiger partial charge in [-0.05, 0) is 32.9 Å². The van der Waals surface area contributed by atoms with Gasteiger partial charge in [0.15, 0.2) is 5.78 Å². The number of alkyl carbamates (subject to hydrolysis) is 1. The van der Waals surface area contributed by atoms with Crippen molar-refractivity contribution in [2.24, 2.45) is 0 Å². The average Bonchev–Trinajstić information content (AvgIpc) is 2.35. The Hall–Kier alpha value is -2.57. The largest absolute Gasteiger partial charge is 0.480 e. The number of carbonyl (C=O) groups is 3. The second-order valence-corrected chi connectivity index (χ2v) is 5.75. The van der Waals surface area contributed by atoms with Crippen molar-refractivity contribution in [1.29, 1.82) is 0 Å². The second-order valence-electron chi connectivity index (χ2n) is 5.75. The topological polar surface area (TPSA) is 119 Å². The molecule has 1 rings (SSSR count). The highest BCUT2D eigenvalue weighted by Gasteiger charge is 2.27. The molecule has 0 aromatic heterocycles. The van der Waals surface area contributed by atoms with Crippen LogP contribution in [0.25, 0.3) is 0 Å². The Kier molecular flexibility index (Phi) is 5.50. The van der Waals surface area contributed by atoms with Crippen LogP contribution in [-0.4, -0.2) is 34.6 Å². The van der Waals surface area contributed by atoms with Gasteiger partial charge < -0.3 is 20.9 Å². The Morgan fingerprint density at radius 1 is 1.27 bits per heavy atom. The number of nitrogens with two attached hydrogens (primary N) is 1. The third kappa shape index (κ3) is 5.43. The van der Waals surface area contributed by atoms with Crippen LogP contribution in [0.15, 0.2) is 24.3 Å². The summed E-state index contributed by atoms with van der Waals surface area (Å²) in [4.78, 5) is 34.9. The molecular formula is C15H20N2O5. The number of hydrogen-bond donors (Lipinski definition) is 3. The molecule has 0 saturated heterocycles. The van der Waals surface area contributed by atoms with E-state index in [2.05, 4.69) is 5.32 Å². The molecule has 0 aliphatic carbocycles. The van der Waals surface area contributed by atoms with Crippen molar-refractivity contribution in [3.63, 3.8) is 0 Å². The summed E-state index contributed by atoms with van der Waals surface area (Å²) in [6.07, 6.45) is -1.31. The number of anilines is 1. The lowest BCUT2D eigenvalue weighted by atomic mass is 10.0. The first-order chi connectivity index (χ1) is 10.1. The minimum Gasteiger partial charge on any atom is -0.480 e. The zero-order chi connectivity index (χ0) is 16.9. The van der Waals surface area contributed by atoms with Gasteiger partial charge >= 0.3 is 12.1 Å². The number of benzene rings is 1. The van der Waals surface area contributed by atoms with E-state index in [-0.39, 0.29) is 11.3 Å². The molecule has 22 heavy (non-hydrogen) atoms. The lowest BCUT2D eigenvalue weighted by Gasteiger charge is -2.21. The fourth-order valence-electron chi connectivity index (χ4n) is 1.70. The van der Waals surface area contributed by atoms with Gasteiger partial charge in [0.25, 0.3) is 0 Å². The molecule has 0 spiro atoms. The molecule has 0 radical (unpaired) electrons. The molecule has 1 atom stereocenters. The molecule has 0 bridgehead atoms. The van der Waals surface area contributed by atoms with Crippen molar-refractivity contribution in [1.82, 2.24) is 5.32 Å². The average molecular weight is 308 g/mol. The smallest absolute Gasteiger partial charge is 0.408 e. The van der Waals surface area contributed by atoms with E-state index in [0.717, 1.165) is 0 Å². The number of carbonyl (C=O) groups excluding carboxylic acids is 2. The maximum atomic E-state index is 12.1. The minimum atomic E-state index is -1.39. The van der Waals surface area contributed by atoms with Crippen LogP contribution in [0.1, 0.15) is 37.6 Å². The number of amides is 1. The van der Waals surface area contributed by atoms with E-state index in [1.165, 1.54) is 6.07 Å². The quantitative estimate of drug-likeness (QED) is 0.564. The summed E-state index contributed by atoms with van der Waals surface area (Å²) in [7, 11) is 0. The van der Waals surface area contributed by atoms with Crippen LogP contribution in [0.5, 0.6) is 0 Å². The van der Waals surface area contributed by atoms with E-state index in [4.69, 9.17) is 15.6 Å². The van der Waals surface area contributed by atoms with Crippen LogP contribution in [0, 0.1) is 0 Å². The number of rotatable bonds is 5. The van der Waals surface area contributed by atoms with Gasteiger partial charge in [-0.15, -0.1) is 0 Å². The Labute approximate surface area is 128 Å². The predicted molar refractivity (Wildman–Crippen MR) is 80.6 cm³/mol. The lowest BCUT2D eigenvalue weighted by molar-refractivity contribution is -0.139. The minimum absolute atomic E-state index is 0.222. The maximum absolute atomic E-state index is 12.1. The number of para-hydroxylation sites is 1. The normalized spacial score (nSPS) is 12.3. The number of ether oxygens (including phenoxy) is 1. The monoisotopic (exact) mass is 308 g/mol. The molecule has 0 saturated carbocycles. The van der Waals surface area contributed by atoms with Gasteiger partial charge in [0, 0.05) is 17.7 Å². The lowest BCUT2D eigenvalue weighted by Crippen LogP contribution is -2.44. The fraction of sp³-hybridized carbons (Fsp3) is 0.400. The molecule has 0 unspecified atom stereocenters. The van der Waals surface area contributed by atoms with Crippen molar-refractivity contribution < 1.29 is 24.2 Å². The van der Waals surface area contributed by atoms with Gasteiger partial charge in [0.1, 0.15) is 11.6 Å². The molecular weight excluding hydrogens is 288 g/mol. The van der Waals surface area contributed by atoms with E-state index >= 15 is 0 Å². The molecule has 0 aliphatic rings. The highest BCUT2D eigenvalue weighted by molar-refractivity contribution is 6.03. The van der Waals surface area contributed by atoms with Crippen LogP contribution < -0.4 is 11.1 Å². The standard InChI is InChI=1S/C15H20N2O5/c1-15(2,3)22-14(21)17-11(13(19)20)8-12(18)9-6-4-5-7-10(9)16/h4-7,11H,8,16H2,1-3H3,(H,17,21)(H,19,20)/t11-/m1/s1. The van der Waals surface area contributed by atoms with Crippen LogP contribution in [-0.2, 0) is 9.53 Å². The Bertz CT molecular complexity index is 578. The summed E-state index contributed by atoms with van der Waals surface area (Å²) in [5.74, 6) is -1.80. The molecule has 7 nitrogen and oxygen atoms in total. The summed E-state index contributed by atoms with van der Waals surface area (Å²) in [6, 6.07) is 4.95. The van der Waals surface area contributed by atoms with E-state index in [9.17, 15) is 14.4 Å². The number of nitrogen functional groups attached to an aromatic ring is 1. The Morgan fingerprint density at radius 3 is 2.36 bits per heavy atom. The first-order valence-electron chi connectivity index (χ1n) is 6.70. The van der Waals surface area contributed by atoms with E-state index in [1.807, 2.05) is 0 Å². The van der Waals surface area contributed by atoms with E-state index in [0.29, 0.717) is 0 Å². The van der Waals surface area contributed by atoms with Crippen molar-refractivity contribution in [2.75, 3.05) is 5.73 Å². The van der Waals surface area contributed by atoms with Gasteiger partial charge in [-0.25, -0.2) is 9.59 Å². The van der Waals surface area contributed by atoms with Crippen molar-refractivity contribution in [3.05, 3.63) is 29.8 Å². The molecule has 0 heterocycles. The summed E-state index contributed by atoms with van der Waals surface area (Å²) >= 11 is 0. The van der Waals surface area contributed by atoms with Crippen molar-refractivity contribution in [2.45, 2.75) is 38.8 Å². The van der Waals surface area contributed by atoms with Crippen molar-refractivity contribution in [3.8, 4) is 0 Å². The van der Waals surface area contributed by atoms with Gasteiger partial charge in [-0.1, -0.05) is 12.1 Å². The number of carboxylic acid groups (broad SMARTS) is 1. The van der Waals surface area contributed by atoms with Gasteiger partial charge in [0.2, 0.25) is 0 Å². The molecule has 1 aromatic rings. The van der Waals surface area contributed by atoms with Gasteiger partial charge in [-0.3, -0.25) is 4.79 Å². The number of carboxylic acids is 1. The summed E-state index contributed by atoms with van der Waals surface area (Å²) in [5, 5.41) is 11.3. The molecule has 1 aromatic carbocycles. The summed E-state index contributed by atoms with van der Waals surface area (Å²) in [6.45, 7) is 4.95. The van der Waals surface area contributed by atoms with Crippen LogP contribution in [0.4, 0.5) is 10.5 Å². The SMILES string of the molecule is CC(C)(C)OC(=O)N[C@H](CC(=O)c1ccccc1N)C(=O)O. The highest BCUT2D eigenvalue weighted by atomic mass is 16.6. The van der Waals surface area contributed by atoms with Gasteiger partial charge in [0.05, 0.1) is 0 Å². The zero-order valence-electron chi connectivity index (χ0n) is 12.8. The predicted octanol–water partition coefficient (Wildman–Crippen LogP) is 1.82. The molecule has 120 valence electrons. The molecule has 7 heteroatoms. The van der Waals surface area contributed by atoms with E-state index in [1.54, 1.807) is 39.0 Å². The van der Waals surface area contributed by atoms with E-state index < -0.39 is 35.9 Å². The Morgan fingerprint density at radius 2 is 1.86 bits per heavy atom. The number of nitrogens with one attached hydrogen (secondary N) is 1. The first kappa shape index (κ1) is 17.5. The first-order valence-corrected chi connectivity index (χ1v) is 6.70. The zero-order valence-corrected chi connectivity index (χ0v) is 12.8. The number of aliphatic carboxylic acids is 1. The van der Waals surface area contributed by atoms with Crippen LogP contribution >= 0.6 is 0 Å². The van der Waals surface area contributed by atoms with Gasteiger partial charge in [-0.2, -0.15) is 0 Å². The third-order valence-electron chi connectivity index (χ3n) is 2.64. The van der Waals surface area contributed by atoms with Crippen LogP contribution in [0.3, 0.4) is 0 Å². The molecule has 4 N–H and O–H groups in total. The van der Waals surface area contributed by atoms with Crippen molar-refractivity contribution >= 4 is 23.5 Å². The Balaban J connectivity index is 2.77. The highest BCUT2D eigenvalue weighted by Crippen LogP contribution is 2.14. The number of ketones is 1. The second kappa shape index (κ2) is 6.93. The number of hydrogen-bond acceptors (Lipinski definition) is 5. The third-order valence-corrected chi connectivity index (χ3v) is 2.64. The number of Topliss-reactive ketones (excluding diaryl/α,β-unsaturated/α-hetero) is 1. The fourth-order valence-corrected chi connectivity index (χ4v) is 1.70. The molecule has 0 aliphatic heterocycles. The molecule has 1 amide bonds.